The van der Waals surface area contributed by atoms with Crippen LogP contribution in [-0.4, -0.2) is 7.11 Å². The topological polar surface area (TPSA) is 35.2 Å². The number of aryl methyl sites for hydroxylation is 1. The molecule has 94 valence electrons. The van der Waals surface area contributed by atoms with Crippen molar-refractivity contribution in [3.63, 3.8) is 0 Å². The quantitative estimate of drug-likeness (QED) is 0.870. The first kappa shape index (κ1) is 12.4. The Morgan fingerprint density at radius 1 is 1.47 bits per heavy atom. The van der Waals surface area contributed by atoms with Gasteiger partial charge in [0.05, 0.1) is 7.11 Å². The van der Waals surface area contributed by atoms with Crippen molar-refractivity contribution < 1.29 is 4.74 Å². The van der Waals surface area contributed by atoms with Crippen LogP contribution in [0.4, 0.5) is 0 Å². The Bertz CT molecular complexity index is 402. The molecule has 0 amide bonds. The van der Waals surface area contributed by atoms with E-state index in [-0.39, 0.29) is 5.54 Å². The third-order valence-electron chi connectivity index (χ3n) is 4.35. The number of hydrogen-bond donors (Lipinski definition) is 1. The molecular weight excluding hydrogens is 210 g/mol. The molecule has 1 aliphatic carbocycles. The summed E-state index contributed by atoms with van der Waals surface area (Å²) in [5, 5.41) is 0. The number of ether oxygens (including phenoxy) is 1. The molecule has 0 saturated heterocycles. The predicted molar refractivity (Wildman–Crippen MR) is 71.3 cm³/mol. The molecule has 0 fully saturated rings. The van der Waals surface area contributed by atoms with Crippen molar-refractivity contribution in [3.05, 3.63) is 29.3 Å². The Hall–Kier alpha value is -1.02. The fourth-order valence-corrected chi connectivity index (χ4v) is 2.92. The molecule has 1 aromatic carbocycles. The predicted octanol–water partition coefficient (Wildman–Crippen LogP) is 3.23. The van der Waals surface area contributed by atoms with Gasteiger partial charge in [0.1, 0.15) is 5.75 Å². The Kier molecular flexibility index (Phi) is 3.43. The molecule has 2 nitrogen and oxygen atoms in total. The Morgan fingerprint density at radius 3 is 2.88 bits per heavy atom. The van der Waals surface area contributed by atoms with Gasteiger partial charge in [0, 0.05) is 5.54 Å². The molecule has 2 unspecified atom stereocenters. The Morgan fingerprint density at radius 2 is 2.24 bits per heavy atom. The highest BCUT2D eigenvalue weighted by atomic mass is 16.5. The van der Waals surface area contributed by atoms with Gasteiger partial charge in [-0.1, -0.05) is 26.3 Å². The van der Waals surface area contributed by atoms with E-state index in [4.69, 9.17) is 10.5 Å². The van der Waals surface area contributed by atoms with Gasteiger partial charge in [-0.2, -0.15) is 0 Å². The third kappa shape index (κ3) is 2.06. The second-order valence-corrected chi connectivity index (χ2v) is 5.23. The average Bonchev–Trinajstić information content (AvgIpc) is 2.37. The Balaban J connectivity index is 2.48. The average molecular weight is 233 g/mol. The summed E-state index contributed by atoms with van der Waals surface area (Å²) in [6.45, 7) is 4.47. The molecule has 2 heteroatoms. The third-order valence-corrected chi connectivity index (χ3v) is 4.35. The zero-order valence-electron chi connectivity index (χ0n) is 11.1. The molecule has 2 atom stereocenters. The van der Waals surface area contributed by atoms with Crippen LogP contribution in [0.2, 0.25) is 0 Å². The van der Waals surface area contributed by atoms with E-state index in [1.165, 1.54) is 17.5 Å². The minimum absolute atomic E-state index is 0.170. The fraction of sp³-hybridized carbons (Fsp3) is 0.600. The van der Waals surface area contributed by atoms with Crippen molar-refractivity contribution in [2.45, 2.75) is 45.1 Å². The second kappa shape index (κ2) is 4.69. The van der Waals surface area contributed by atoms with Crippen LogP contribution in [-0.2, 0) is 12.0 Å². The van der Waals surface area contributed by atoms with Gasteiger partial charge in [-0.15, -0.1) is 0 Å². The molecule has 1 aliphatic rings. The van der Waals surface area contributed by atoms with Gasteiger partial charge < -0.3 is 10.5 Å². The van der Waals surface area contributed by atoms with Crippen molar-refractivity contribution in [2.24, 2.45) is 11.7 Å². The number of nitrogens with two attached hydrogens (primary N) is 1. The zero-order valence-corrected chi connectivity index (χ0v) is 11.1. The summed E-state index contributed by atoms with van der Waals surface area (Å²) in [6, 6.07) is 6.36. The second-order valence-electron chi connectivity index (χ2n) is 5.23. The fourth-order valence-electron chi connectivity index (χ4n) is 2.92. The first-order chi connectivity index (χ1) is 8.11. The van der Waals surface area contributed by atoms with Crippen molar-refractivity contribution in [2.75, 3.05) is 7.11 Å². The van der Waals surface area contributed by atoms with Crippen LogP contribution in [0.1, 0.15) is 44.2 Å². The van der Waals surface area contributed by atoms with Gasteiger partial charge in [-0.25, -0.2) is 0 Å². The summed E-state index contributed by atoms with van der Waals surface area (Å²) in [4.78, 5) is 0. The molecule has 1 aromatic rings. The smallest absolute Gasteiger partial charge is 0.119 e. The van der Waals surface area contributed by atoms with Crippen LogP contribution >= 0.6 is 0 Å². The van der Waals surface area contributed by atoms with Crippen LogP contribution in [0.25, 0.3) is 0 Å². The SMILES string of the molecule is CCC(C)C1(N)CCCc2ccc(OC)cc21. The van der Waals surface area contributed by atoms with Gasteiger partial charge in [0.2, 0.25) is 0 Å². The molecule has 0 aliphatic heterocycles. The Labute approximate surface area is 104 Å². The van der Waals surface area contributed by atoms with Gasteiger partial charge in [-0.05, 0) is 48.4 Å². The van der Waals surface area contributed by atoms with Crippen molar-refractivity contribution >= 4 is 0 Å². The minimum Gasteiger partial charge on any atom is -0.497 e. The molecule has 0 saturated carbocycles. The maximum atomic E-state index is 6.69. The maximum Gasteiger partial charge on any atom is 0.119 e. The monoisotopic (exact) mass is 233 g/mol. The van der Waals surface area contributed by atoms with E-state index in [0.717, 1.165) is 25.0 Å². The summed E-state index contributed by atoms with van der Waals surface area (Å²) >= 11 is 0. The molecular formula is C15H23NO. The first-order valence-electron chi connectivity index (χ1n) is 6.58. The van der Waals surface area contributed by atoms with E-state index in [1.807, 2.05) is 6.07 Å². The summed E-state index contributed by atoms with van der Waals surface area (Å²) in [5.41, 5.74) is 9.23. The van der Waals surface area contributed by atoms with E-state index >= 15 is 0 Å². The number of benzene rings is 1. The van der Waals surface area contributed by atoms with Gasteiger partial charge in [-0.3, -0.25) is 0 Å². The van der Waals surface area contributed by atoms with Crippen molar-refractivity contribution in [3.8, 4) is 5.75 Å². The van der Waals surface area contributed by atoms with Gasteiger partial charge in [0.25, 0.3) is 0 Å². The van der Waals surface area contributed by atoms with Gasteiger partial charge >= 0.3 is 0 Å². The lowest BCUT2D eigenvalue weighted by Crippen LogP contribution is -2.45. The molecule has 17 heavy (non-hydrogen) atoms. The van der Waals surface area contributed by atoms with Crippen LogP contribution in [0.3, 0.4) is 0 Å². The van der Waals surface area contributed by atoms with Crippen LogP contribution in [0.15, 0.2) is 18.2 Å². The summed E-state index contributed by atoms with van der Waals surface area (Å²) < 4.78 is 5.33. The van der Waals surface area contributed by atoms with E-state index in [0.29, 0.717) is 5.92 Å². The largest absolute Gasteiger partial charge is 0.497 e. The molecule has 0 radical (unpaired) electrons. The highest BCUT2D eigenvalue weighted by molar-refractivity contribution is 5.42. The van der Waals surface area contributed by atoms with Crippen LogP contribution < -0.4 is 10.5 Å². The lowest BCUT2D eigenvalue weighted by molar-refractivity contribution is 0.247. The van der Waals surface area contributed by atoms with Gasteiger partial charge in [0.15, 0.2) is 0 Å². The number of rotatable bonds is 3. The lowest BCUT2D eigenvalue weighted by atomic mass is 9.69. The molecule has 0 bridgehead atoms. The molecule has 2 rings (SSSR count). The molecule has 0 heterocycles. The summed E-state index contributed by atoms with van der Waals surface area (Å²) in [5.74, 6) is 1.43. The molecule has 0 spiro atoms. The number of hydrogen-bond acceptors (Lipinski definition) is 2. The van der Waals surface area contributed by atoms with E-state index in [9.17, 15) is 0 Å². The van der Waals surface area contributed by atoms with Crippen molar-refractivity contribution in [1.29, 1.82) is 0 Å². The van der Waals surface area contributed by atoms with Crippen molar-refractivity contribution in [1.82, 2.24) is 0 Å². The van der Waals surface area contributed by atoms with Crippen LogP contribution in [0.5, 0.6) is 5.75 Å². The summed E-state index contributed by atoms with van der Waals surface area (Å²) in [6.07, 6.45) is 4.55. The van der Waals surface area contributed by atoms with E-state index in [2.05, 4.69) is 26.0 Å². The minimum atomic E-state index is -0.170. The highest BCUT2D eigenvalue weighted by Crippen LogP contribution is 2.41. The van der Waals surface area contributed by atoms with E-state index < -0.39 is 0 Å². The van der Waals surface area contributed by atoms with Crippen LogP contribution in [0, 0.1) is 5.92 Å². The zero-order chi connectivity index (χ0) is 12.5. The molecule has 0 aromatic heterocycles. The van der Waals surface area contributed by atoms with E-state index in [1.54, 1.807) is 7.11 Å². The first-order valence-corrected chi connectivity index (χ1v) is 6.58. The number of fused-ring (bicyclic) bond motifs is 1. The maximum absolute atomic E-state index is 6.69. The lowest BCUT2D eigenvalue weighted by Gasteiger charge is -2.40. The summed E-state index contributed by atoms with van der Waals surface area (Å²) in [7, 11) is 1.71. The highest BCUT2D eigenvalue weighted by Gasteiger charge is 2.36. The standard InChI is InChI=1S/C15H23NO/c1-4-11(2)15(16)9-5-6-12-7-8-13(17-3)10-14(12)15/h7-8,10-11H,4-6,9,16H2,1-3H3. The number of methoxy groups -OCH3 is 1. The molecule has 2 N–H and O–H groups in total. The normalized spacial score (nSPS) is 25.2.